The van der Waals surface area contributed by atoms with Crippen LogP contribution >= 0.6 is 0 Å². The average molecular weight is 217 g/mol. The Morgan fingerprint density at radius 2 is 2.25 bits per heavy atom. The van der Waals surface area contributed by atoms with Crippen LogP contribution in [0.3, 0.4) is 0 Å². The number of nitrogens with one attached hydrogen (secondary N) is 1. The molecule has 0 spiro atoms. The molecule has 1 saturated heterocycles. The van der Waals surface area contributed by atoms with Crippen molar-refractivity contribution in [2.45, 2.75) is 6.54 Å². The number of aromatic nitrogens is 1. The molecular weight excluding hydrogens is 202 g/mol. The van der Waals surface area contributed by atoms with Gasteiger partial charge in [0.05, 0.1) is 6.54 Å². The van der Waals surface area contributed by atoms with Gasteiger partial charge in [0, 0.05) is 38.4 Å². The van der Waals surface area contributed by atoms with E-state index in [2.05, 4.69) is 15.2 Å². The molecule has 3 rings (SSSR count). The van der Waals surface area contributed by atoms with E-state index in [1.165, 1.54) is 0 Å². The summed E-state index contributed by atoms with van der Waals surface area (Å²) in [5.41, 5.74) is 1.83. The van der Waals surface area contributed by atoms with Gasteiger partial charge in [-0.1, -0.05) is 0 Å². The fourth-order valence-corrected chi connectivity index (χ4v) is 2.09. The number of hydrogen-bond donors (Lipinski definition) is 1. The van der Waals surface area contributed by atoms with Crippen LogP contribution in [0.1, 0.15) is 5.76 Å². The van der Waals surface area contributed by atoms with Crippen molar-refractivity contribution in [2.24, 2.45) is 0 Å². The molecule has 0 amide bonds. The van der Waals surface area contributed by atoms with Gasteiger partial charge in [-0.2, -0.15) is 0 Å². The van der Waals surface area contributed by atoms with E-state index in [-0.39, 0.29) is 0 Å². The van der Waals surface area contributed by atoms with Gasteiger partial charge in [0.1, 0.15) is 11.3 Å². The quantitative estimate of drug-likeness (QED) is 0.821. The third-order valence-electron chi connectivity index (χ3n) is 2.93. The minimum Gasteiger partial charge on any atom is -0.458 e. The summed E-state index contributed by atoms with van der Waals surface area (Å²) in [6, 6.07) is 5.90. The zero-order valence-electron chi connectivity index (χ0n) is 9.15. The molecule has 1 aliphatic rings. The highest BCUT2D eigenvalue weighted by Crippen LogP contribution is 2.17. The van der Waals surface area contributed by atoms with E-state index in [1.54, 1.807) is 6.20 Å². The molecule has 1 fully saturated rings. The normalized spacial score (nSPS) is 18.0. The molecule has 3 heterocycles. The molecule has 4 nitrogen and oxygen atoms in total. The van der Waals surface area contributed by atoms with Gasteiger partial charge in [0.25, 0.3) is 0 Å². The number of furan rings is 1. The van der Waals surface area contributed by atoms with Crippen molar-refractivity contribution < 1.29 is 4.42 Å². The van der Waals surface area contributed by atoms with Gasteiger partial charge in [-0.15, -0.1) is 0 Å². The molecule has 1 aliphatic heterocycles. The number of pyridine rings is 1. The van der Waals surface area contributed by atoms with Crippen molar-refractivity contribution in [3.05, 3.63) is 30.2 Å². The Morgan fingerprint density at radius 1 is 1.38 bits per heavy atom. The highest BCUT2D eigenvalue weighted by molar-refractivity contribution is 5.72. The van der Waals surface area contributed by atoms with Crippen molar-refractivity contribution >= 4 is 11.1 Å². The van der Waals surface area contributed by atoms with Gasteiger partial charge in [-0.05, 0) is 12.1 Å². The molecule has 16 heavy (non-hydrogen) atoms. The van der Waals surface area contributed by atoms with Gasteiger partial charge in [0.2, 0.25) is 0 Å². The zero-order valence-corrected chi connectivity index (χ0v) is 9.15. The van der Waals surface area contributed by atoms with Crippen LogP contribution in [0.25, 0.3) is 11.1 Å². The summed E-state index contributed by atoms with van der Waals surface area (Å²) in [4.78, 5) is 6.67. The first kappa shape index (κ1) is 9.81. The van der Waals surface area contributed by atoms with Crippen molar-refractivity contribution in [3.63, 3.8) is 0 Å². The Bertz CT molecular complexity index is 441. The second kappa shape index (κ2) is 4.23. The summed E-state index contributed by atoms with van der Waals surface area (Å²) >= 11 is 0. The maximum atomic E-state index is 5.75. The molecule has 84 valence electrons. The monoisotopic (exact) mass is 217 g/mol. The molecule has 1 N–H and O–H groups in total. The molecule has 0 radical (unpaired) electrons. The molecule has 0 saturated carbocycles. The molecule has 4 heteroatoms. The summed E-state index contributed by atoms with van der Waals surface area (Å²) in [6.07, 6.45) is 1.80. The molecule has 0 unspecified atom stereocenters. The highest BCUT2D eigenvalue weighted by Gasteiger charge is 2.12. The Hall–Kier alpha value is -1.39. The van der Waals surface area contributed by atoms with Crippen LogP contribution in [-0.2, 0) is 6.54 Å². The fraction of sp³-hybridized carbons (Fsp3) is 0.417. The topological polar surface area (TPSA) is 41.3 Å². The molecule has 0 aromatic carbocycles. The summed E-state index contributed by atoms with van der Waals surface area (Å²) in [7, 11) is 0. The third-order valence-corrected chi connectivity index (χ3v) is 2.93. The van der Waals surface area contributed by atoms with Crippen molar-refractivity contribution in [3.8, 4) is 0 Å². The number of piperazine rings is 1. The Labute approximate surface area is 94.3 Å². The van der Waals surface area contributed by atoms with Crippen LogP contribution in [0.15, 0.2) is 28.8 Å². The lowest BCUT2D eigenvalue weighted by atomic mass is 10.3. The predicted molar refractivity (Wildman–Crippen MR) is 62.2 cm³/mol. The second-order valence-corrected chi connectivity index (χ2v) is 4.13. The van der Waals surface area contributed by atoms with Crippen LogP contribution in [0, 0.1) is 0 Å². The van der Waals surface area contributed by atoms with Crippen LogP contribution in [0.2, 0.25) is 0 Å². The lowest BCUT2D eigenvalue weighted by molar-refractivity contribution is 0.218. The van der Waals surface area contributed by atoms with E-state index < -0.39 is 0 Å². The van der Waals surface area contributed by atoms with Gasteiger partial charge >= 0.3 is 0 Å². The lowest BCUT2D eigenvalue weighted by Gasteiger charge is -2.25. The molecule has 2 aromatic rings. The van der Waals surface area contributed by atoms with E-state index in [0.29, 0.717) is 0 Å². The summed E-state index contributed by atoms with van der Waals surface area (Å²) in [5, 5.41) is 3.34. The van der Waals surface area contributed by atoms with E-state index in [9.17, 15) is 0 Å². The van der Waals surface area contributed by atoms with Gasteiger partial charge < -0.3 is 9.73 Å². The summed E-state index contributed by atoms with van der Waals surface area (Å²) in [6.45, 7) is 5.20. The standard InChI is InChI=1S/C12H15N3O/c1-2-12-11(14-3-1)8-10(16-12)9-15-6-4-13-5-7-15/h1-3,8,13H,4-7,9H2. The smallest absolute Gasteiger partial charge is 0.152 e. The van der Waals surface area contributed by atoms with E-state index in [0.717, 1.165) is 49.6 Å². The minimum absolute atomic E-state index is 0.882. The molecule has 2 aromatic heterocycles. The Kier molecular flexibility index (Phi) is 2.60. The number of nitrogens with zero attached hydrogens (tertiary/aromatic N) is 2. The average Bonchev–Trinajstić information content (AvgIpc) is 2.72. The summed E-state index contributed by atoms with van der Waals surface area (Å²) in [5.74, 6) is 1.01. The number of fused-ring (bicyclic) bond motifs is 1. The minimum atomic E-state index is 0.882. The SMILES string of the molecule is c1cnc2cc(CN3CCNCC3)oc2c1. The Morgan fingerprint density at radius 3 is 3.06 bits per heavy atom. The first-order valence-corrected chi connectivity index (χ1v) is 5.68. The summed E-state index contributed by atoms with van der Waals surface area (Å²) < 4.78 is 5.75. The predicted octanol–water partition coefficient (Wildman–Crippen LogP) is 1.23. The van der Waals surface area contributed by atoms with Gasteiger partial charge in [-0.3, -0.25) is 9.88 Å². The molecule has 0 bridgehead atoms. The van der Waals surface area contributed by atoms with E-state index in [4.69, 9.17) is 4.42 Å². The lowest BCUT2D eigenvalue weighted by Crippen LogP contribution is -2.42. The van der Waals surface area contributed by atoms with Gasteiger partial charge in [0.15, 0.2) is 5.58 Å². The molecular formula is C12H15N3O. The molecule has 0 aliphatic carbocycles. The van der Waals surface area contributed by atoms with Crippen molar-refractivity contribution in [1.29, 1.82) is 0 Å². The first-order chi connectivity index (χ1) is 7.92. The maximum absolute atomic E-state index is 5.75. The number of hydrogen-bond acceptors (Lipinski definition) is 4. The fourth-order valence-electron chi connectivity index (χ4n) is 2.09. The molecule has 0 atom stereocenters. The second-order valence-electron chi connectivity index (χ2n) is 4.13. The van der Waals surface area contributed by atoms with Crippen LogP contribution in [-0.4, -0.2) is 36.1 Å². The van der Waals surface area contributed by atoms with Crippen LogP contribution in [0.5, 0.6) is 0 Å². The third kappa shape index (κ3) is 1.94. The van der Waals surface area contributed by atoms with Crippen molar-refractivity contribution in [2.75, 3.05) is 26.2 Å². The van der Waals surface area contributed by atoms with E-state index >= 15 is 0 Å². The van der Waals surface area contributed by atoms with Crippen LogP contribution < -0.4 is 5.32 Å². The maximum Gasteiger partial charge on any atom is 0.152 e. The largest absolute Gasteiger partial charge is 0.458 e. The Balaban J connectivity index is 1.78. The zero-order chi connectivity index (χ0) is 10.8. The van der Waals surface area contributed by atoms with Crippen LogP contribution in [0.4, 0.5) is 0 Å². The van der Waals surface area contributed by atoms with Gasteiger partial charge in [-0.25, -0.2) is 0 Å². The van der Waals surface area contributed by atoms with Crippen molar-refractivity contribution in [1.82, 2.24) is 15.2 Å². The van der Waals surface area contributed by atoms with E-state index in [1.807, 2.05) is 18.2 Å². The number of rotatable bonds is 2. The highest BCUT2D eigenvalue weighted by atomic mass is 16.3. The first-order valence-electron chi connectivity index (χ1n) is 5.68.